The fourth-order valence-electron chi connectivity index (χ4n) is 1.33. The molecule has 1 aromatic heterocycles. The Morgan fingerprint density at radius 2 is 1.81 bits per heavy atom. The summed E-state index contributed by atoms with van der Waals surface area (Å²) in [6.07, 6.45) is 2.91. The molecule has 0 amide bonds. The standard InChI is InChI=1S/C12H10N2O2/c1-8-13-6-9(7-14-8)12(16)10-4-2-3-5-11(10)15/h2-7,15H,1H3. The molecule has 0 aliphatic rings. The first kappa shape index (κ1) is 10.3. The van der Waals surface area contributed by atoms with Crippen molar-refractivity contribution in [3.05, 3.63) is 53.6 Å². The van der Waals surface area contributed by atoms with Crippen molar-refractivity contribution in [1.82, 2.24) is 9.97 Å². The number of aryl methyl sites for hydroxylation is 1. The Hall–Kier alpha value is -2.23. The van der Waals surface area contributed by atoms with Gasteiger partial charge in [-0.3, -0.25) is 4.79 Å². The van der Waals surface area contributed by atoms with Crippen LogP contribution >= 0.6 is 0 Å². The zero-order chi connectivity index (χ0) is 11.5. The van der Waals surface area contributed by atoms with E-state index in [0.717, 1.165) is 0 Å². The molecule has 1 aromatic carbocycles. The maximum atomic E-state index is 11.9. The number of ketones is 1. The molecule has 0 saturated carbocycles. The molecule has 0 unspecified atom stereocenters. The fraction of sp³-hybridized carbons (Fsp3) is 0.0833. The van der Waals surface area contributed by atoms with Gasteiger partial charge in [0.05, 0.1) is 11.1 Å². The van der Waals surface area contributed by atoms with Crippen LogP contribution in [0.3, 0.4) is 0 Å². The van der Waals surface area contributed by atoms with Crippen molar-refractivity contribution < 1.29 is 9.90 Å². The predicted molar refractivity (Wildman–Crippen MR) is 58.3 cm³/mol. The van der Waals surface area contributed by atoms with Crippen molar-refractivity contribution in [3.8, 4) is 5.75 Å². The number of hydrogen-bond acceptors (Lipinski definition) is 4. The Morgan fingerprint density at radius 3 is 2.44 bits per heavy atom. The van der Waals surface area contributed by atoms with Crippen molar-refractivity contribution in [2.45, 2.75) is 6.92 Å². The number of para-hydroxylation sites is 1. The van der Waals surface area contributed by atoms with Crippen LogP contribution in [0.2, 0.25) is 0 Å². The Kier molecular flexibility index (Phi) is 2.64. The average Bonchev–Trinajstić information content (AvgIpc) is 2.30. The Labute approximate surface area is 92.6 Å². The maximum Gasteiger partial charge on any atom is 0.199 e. The van der Waals surface area contributed by atoms with Crippen molar-refractivity contribution in [3.63, 3.8) is 0 Å². The van der Waals surface area contributed by atoms with E-state index in [1.54, 1.807) is 25.1 Å². The van der Waals surface area contributed by atoms with Gasteiger partial charge < -0.3 is 5.11 Å². The van der Waals surface area contributed by atoms with E-state index < -0.39 is 0 Å². The molecule has 4 nitrogen and oxygen atoms in total. The van der Waals surface area contributed by atoms with Gasteiger partial charge in [0.25, 0.3) is 0 Å². The van der Waals surface area contributed by atoms with Crippen LogP contribution in [0.15, 0.2) is 36.7 Å². The number of phenols is 1. The van der Waals surface area contributed by atoms with E-state index in [0.29, 0.717) is 11.4 Å². The minimum atomic E-state index is -0.280. The van der Waals surface area contributed by atoms with E-state index >= 15 is 0 Å². The van der Waals surface area contributed by atoms with E-state index in [2.05, 4.69) is 9.97 Å². The van der Waals surface area contributed by atoms with Gasteiger partial charge in [-0.1, -0.05) is 12.1 Å². The molecule has 2 rings (SSSR count). The third-order valence-electron chi connectivity index (χ3n) is 2.19. The lowest BCUT2D eigenvalue weighted by atomic mass is 10.1. The van der Waals surface area contributed by atoms with Crippen molar-refractivity contribution in [2.24, 2.45) is 0 Å². The van der Waals surface area contributed by atoms with Gasteiger partial charge in [-0.15, -0.1) is 0 Å². The maximum absolute atomic E-state index is 11.9. The van der Waals surface area contributed by atoms with E-state index in [9.17, 15) is 9.90 Å². The van der Waals surface area contributed by atoms with Crippen LogP contribution in [0.25, 0.3) is 0 Å². The van der Waals surface area contributed by atoms with E-state index in [1.165, 1.54) is 18.5 Å². The Morgan fingerprint density at radius 1 is 1.19 bits per heavy atom. The van der Waals surface area contributed by atoms with Gasteiger partial charge in [0, 0.05) is 12.4 Å². The molecule has 4 heteroatoms. The van der Waals surface area contributed by atoms with Crippen LogP contribution in [0.1, 0.15) is 21.7 Å². The van der Waals surface area contributed by atoms with Gasteiger partial charge in [0.2, 0.25) is 0 Å². The van der Waals surface area contributed by atoms with Crippen LogP contribution in [-0.2, 0) is 0 Å². The highest BCUT2D eigenvalue weighted by Crippen LogP contribution is 2.18. The molecule has 0 aliphatic carbocycles. The molecule has 1 heterocycles. The van der Waals surface area contributed by atoms with Gasteiger partial charge in [0.1, 0.15) is 11.6 Å². The van der Waals surface area contributed by atoms with Gasteiger partial charge >= 0.3 is 0 Å². The molecule has 16 heavy (non-hydrogen) atoms. The number of rotatable bonds is 2. The van der Waals surface area contributed by atoms with Gasteiger partial charge in [-0.25, -0.2) is 9.97 Å². The lowest BCUT2D eigenvalue weighted by Gasteiger charge is -2.02. The zero-order valence-electron chi connectivity index (χ0n) is 8.71. The summed E-state index contributed by atoms with van der Waals surface area (Å²) in [5.74, 6) is 0.292. The Bertz CT molecular complexity index is 521. The third kappa shape index (κ3) is 1.91. The number of aromatic nitrogens is 2. The summed E-state index contributed by atoms with van der Waals surface area (Å²) in [6.45, 7) is 1.74. The first-order valence-corrected chi connectivity index (χ1v) is 4.80. The van der Waals surface area contributed by atoms with Crippen LogP contribution in [0.5, 0.6) is 5.75 Å². The lowest BCUT2D eigenvalue weighted by molar-refractivity contribution is 0.103. The molecule has 0 fully saturated rings. The molecule has 2 aromatic rings. The minimum absolute atomic E-state index is 0.0342. The monoisotopic (exact) mass is 214 g/mol. The lowest BCUT2D eigenvalue weighted by Crippen LogP contribution is -2.03. The van der Waals surface area contributed by atoms with E-state index in [4.69, 9.17) is 0 Å². The highest BCUT2D eigenvalue weighted by Gasteiger charge is 2.13. The molecular weight excluding hydrogens is 204 g/mol. The second kappa shape index (κ2) is 4.10. The summed E-state index contributed by atoms with van der Waals surface area (Å²) < 4.78 is 0. The summed E-state index contributed by atoms with van der Waals surface area (Å²) in [7, 11) is 0. The van der Waals surface area contributed by atoms with Crippen molar-refractivity contribution in [1.29, 1.82) is 0 Å². The third-order valence-corrected chi connectivity index (χ3v) is 2.19. The van der Waals surface area contributed by atoms with Gasteiger partial charge in [-0.05, 0) is 19.1 Å². The number of nitrogens with zero attached hydrogens (tertiary/aromatic N) is 2. The van der Waals surface area contributed by atoms with Gasteiger partial charge in [0.15, 0.2) is 5.78 Å². The molecular formula is C12H10N2O2. The first-order valence-electron chi connectivity index (χ1n) is 4.80. The van der Waals surface area contributed by atoms with Crippen LogP contribution in [-0.4, -0.2) is 20.9 Å². The smallest absolute Gasteiger partial charge is 0.199 e. The molecule has 0 atom stereocenters. The average molecular weight is 214 g/mol. The van der Waals surface area contributed by atoms with E-state index in [-0.39, 0.29) is 17.1 Å². The number of carbonyl (C=O) groups is 1. The molecule has 80 valence electrons. The number of benzene rings is 1. The van der Waals surface area contributed by atoms with Crippen molar-refractivity contribution in [2.75, 3.05) is 0 Å². The predicted octanol–water partition coefficient (Wildman–Crippen LogP) is 1.72. The number of carbonyl (C=O) groups excluding carboxylic acids is 1. The fourth-order valence-corrected chi connectivity index (χ4v) is 1.33. The van der Waals surface area contributed by atoms with Gasteiger partial charge in [-0.2, -0.15) is 0 Å². The number of phenolic OH excluding ortho intramolecular Hbond substituents is 1. The van der Waals surface area contributed by atoms with Crippen LogP contribution in [0.4, 0.5) is 0 Å². The molecule has 0 spiro atoms. The second-order valence-electron chi connectivity index (χ2n) is 3.37. The summed E-state index contributed by atoms with van der Waals surface area (Å²) in [4.78, 5) is 19.8. The second-order valence-corrected chi connectivity index (χ2v) is 3.37. The summed E-state index contributed by atoms with van der Waals surface area (Å²) in [6, 6.07) is 6.40. The summed E-state index contributed by atoms with van der Waals surface area (Å²) >= 11 is 0. The quantitative estimate of drug-likeness (QED) is 0.773. The topological polar surface area (TPSA) is 63.1 Å². The van der Waals surface area contributed by atoms with Crippen LogP contribution < -0.4 is 0 Å². The normalized spacial score (nSPS) is 10.1. The number of aromatic hydroxyl groups is 1. The largest absolute Gasteiger partial charge is 0.507 e. The van der Waals surface area contributed by atoms with E-state index in [1.807, 2.05) is 0 Å². The molecule has 0 aliphatic heterocycles. The van der Waals surface area contributed by atoms with Crippen LogP contribution in [0, 0.1) is 6.92 Å². The molecule has 0 bridgehead atoms. The zero-order valence-corrected chi connectivity index (χ0v) is 8.71. The molecule has 0 radical (unpaired) electrons. The van der Waals surface area contributed by atoms with Crippen molar-refractivity contribution >= 4 is 5.78 Å². The number of hydrogen-bond donors (Lipinski definition) is 1. The summed E-state index contributed by atoms with van der Waals surface area (Å²) in [5, 5.41) is 9.54. The molecule has 0 saturated heterocycles. The SMILES string of the molecule is Cc1ncc(C(=O)c2ccccc2O)cn1. The summed E-state index contributed by atoms with van der Waals surface area (Å²) in [5.41, 5.74) is 0.627. The highest BCUT2D eigenvalue weighted by molar-refractivity contribution is 6.10. The minimum Gasteiger partial charge on any atom is -0.507 e. The highest BCUT2D eigenvalue weighted by atomic mass is 16.3. The first-order chi connectivity index (χ1) is 7.68. The molecule has 1 N–H and O–H groups in total. The Balaban J connectivity index is 2.40.